The lowest BCUT2D eigenvalue weighted by Crippen LogP contribution is -2.52. The molecule has 0 fully saturated rings. The van der Waals surface area contributed by atoms with Crippen molar-refractivity contribution in [3.05, 3.63) is 33.3 Å². The molecule has 1 aromatic rings. The first-order chi connectivity index (χ1) is 9.87. The first kappa shape index (κ1) is 17.2. The van der Waals surface area contributed by atoms with E-state index < -0.39 is 16.5 Å². The van der Waals surface area contributed by atoms with Crippen LogP contribution in [0, 0.1) is 10.1 Å². The highest BCUT2D eigenvalue weighted by molar-refractivity contribution is 6.32. The fraction of sp³-hybridized carbons (Fsp3) is 0.462. The van der Waals surface area contributed by atoms with Crippen LogP contribution in [0.4, 0.5) is 16.2 Å². The summed E-state index contributed by atoms with van der Waals surface area (Å²) in [5, 5.41) is 25.4. The molecule has 21 heavy (non-hydrogen) atoms. The van der Waals surface area contributed by atoms with Crippen molar-refractivity contribution in [3.8, 4) is 0 Å². The molecule has 0 atom stereocenters. The number of nitrogens with one attached hydrogen (secondary N) is 2. The zero-order chi connectivity index (χ0) is 16.0. The number of amides is 2. The first-order valence-electron chi connectivity index (χ1n) is 6.51. The third-order valence-corrected chi connectivity index (χ3v) is 3.76. The van der Waals surface area contributed by atoms with Gasteiger partial charge >= 0.3 is 6.03 Å². The summed E-state index contributed by atoms with van der Waals surface area (Å²) in [6.07, 6.45) is 1.13. The van der Waals surface area contributed by atoms with E-state index in [9.17, 15) is 20.0 Å². The lowest BCUT2D eigenvalue weighted by Gasteiger charge is -2.30. The third kappa shape index (κ3) is 4.30. The number of benzene rings is 1. The summed E-state index contributed by atoms with van der Waals surface area (Å²) < 4.78 is 0. The summed E-state index contributed by atoms with van der Waals surface area (Å²) in [5.74, 6) is 0. The summed E-state index contributed by atoms with van der Waals surface area (Å²) in [5.41, 5.74) is -0.737. The Bertz CT molecular complexity index is 524. The van der Waals surface area contributed by atoms with Gasteiger partial charge < -0.3 is 15.7 Å². The van der Waals surface area contributed by atoms with Crippen LogP contribution in [0.25, 0.3) is 0 Å². The van der Waals surface area contributed by atoms with Crippen LogP contribution in [0.1, 0.15) is 26.7 Å². The van der Waals surface area contributed by atoms with Gasteiger partial charge in [-0.2, -0.15) is 0 Å². The van der Waals surface area contributed by atoms with Crippen molar-refractivity contribution in [1.29, 1.82) is 0 Å². The summed E-state index contributed by atoms with van der Waals surface area (Å²) in [6, 6.07) is 3.45. The van der Waals surface area contributed by atoms with Crippen molar-refractivity contribution in [2.75, 3.05) is 11.9 Å². The molecule has 0 spiro atoms. The Morgan fingerprint density at radius 1 is 1.43 bits per heavy atom. The highest BCUT2D eigenvalue weighted by atomic mass is 35.5. The van der Waals surface area contributed by atoms with E-state index >= 15 is 0 Å². The highest BCUT2D eigenvalue weighted by Crippen LogP contribution is 2.27. The minimum absolute atomic E-state index is 0.00206. The smallest absolute Gasteiger partial charge is 0.319 e. The number of hydrogen-bond donors (Lipinski definition) is 3. The van der Waals surface area contributed by atoms with Gasteiger partial charge in [0.15, 0.2) is 0 Å². The maximum absolute atomic E-state index is 11.9. The van der Waals surface area contributed by atoms with Gasteiger partial charge in [-0.25, -0.2) is 4.79 Å². The number of aliphatic hydroxyl groups excluding tert-OH is 1. The SMILES string of the molecule is CCC(CC)(CO)NC(=O)Nc1ccc(Cl)c([N+](=O)[O-])c1. The van der Waals surface area contributed by atoms with E-state index in [0.717, 1.165) is 0 Å². The molecule has 2 amide bonds. The molecule has 0 bridgehead atoms. The van der Waals surface area contributed by atoms with Gasteiger partial charge in [-0.3, -0.25) is 10.1 Å². The lowest BCUT2D eigenvalue weighted by atomic mass is 9.94. The number of nitro groups is 1. The van der Waals surface area contributed by atoms with E-state index in [0.29, 0.717) is 12.8 Å². The van der Waals surface area contributed by atoms with E-state index in [1.54, 1.807) is 0 Å². The van der Waals surface area contributed by atoms with Crippen LogP contribution in [-0.4, -0.2) is 28.2 Å². The highest BCUT2D eigenvalue weighted by Gasteiger charge is 2.27. The number of urea groups is 1. The van der Waals surface area contributed by atoms with Crippen LogP contribution in [-0.2, 0) is 0 Å². The number of carbonyl (C=O) groups excluding carboxylic acids is 1. The van der Waals surface area contributed by atoms with Gasteiger partial charge in [0, 0.05) is 11.8 Å². The molecule has 0 radical (unpaired) electrons. The second-order valence-electron chi connectivity index (χ2n) is 4.65. The van der Waals surface area contributed by atoms with Gasteiger partial charge in [0.25, 0.3) is 5.69 Å². The van der Waals surface area contributed by atoms with Gasteiger partial charge in [-0.15, -0.1) is 0 Å². The second-order valence-corrected chi connectivity index (χ2v) is 5.06. The van der Waals surface area contributed by atoms with Crippen molar-refractivity contribution < 1.29 is 14.8 Å². The molecule has 1 aromatic carbocycles. The van der Waals surface area contributed by atoms with Gasteiger partial charge in [-0.05, 0) is 25.0 Å². The Labute approximate surface area is 127 Å². The van der Waals surface area contributed by atoms with Crippen molar-refractivity contribution >= 4 is 29.0 Å². The average molecular weight is 316 g/mol. The first-order valence-corrected chi connectivity index (χ1v) is 6.89. The molecule has 0 unspecified atom stereocenters. The van der Waals surface area contributed by atoms with E-state index in [1.807, 2.05) is 13.8 Å². The summed E-state index contributed by atoms with van der Waals surface area (Å²) in [7, 11) is 0. The Kier molecular flexibility index (Phi) is 5.92. The molecule has 0 heterocycles. The van der Waals surface area contributed by atoms with Crippen LogP contribution < -0.4 is 10.6 Å². The molecule has 0 aliphatic heterocycles. The Balaban J connectivity index is 2.84. The van der Waals surface area contributed by atoms with Crippen molar-refractivity contribution in [1.82, 2.24) is 5.32 Å². The molecular weight excluding hydrogens is 298 g/mol. The summed E-state index contributed by atoms with van der Waals surface area (Å²) in [6.45, 7) is 3.52. The maximum Gasteiger partial charge on any atom is 0.319 e. The average Bonchev–Trinajstić information content (AvgIpc) is 2.46. The predicted molar refractivity (Wildman–Crippen MR) is 80.7 cm³/mol. The fourth-order valence-corrected chi connectivity index (χ4v) is 2.01. The number of carbonyl (C=O) groups is 1. The molecule has 0 aliphatic carbocycles. The molecule has 0 saturated carbocycles. The summed E-state index contributed by atoms with van der Waals surface area (Å²) in [4.78, 5) is 22.1. The number of halogens is 1. The number of nitro benzene ring substituents is 1. The molecule has 7 nitrogen and oxygen atoms in total. The largest absolute Gasteiger partial charge is 0.394 e. The molecule has 0 saturated heterocycles. The molecule has 1 rings (SSSR count). The van der Waals surface area contributed by atoms with Crippen molar-refractivity contribution in [2.45, 2.75) is 32.2 Å². The summed E-state index contributed by atoms with van der Waals surface area (Å²) >= 11 is 5.70. The van der Waals surface area contributed by atoms with Crippen LogP contribution >= 0.6 is 11.6 Å². The predicted octanol–water partition coefficient (Wildman–Crippen LogP) is 2.92. The van der Waals surface area contributed by atoms with Crippen LogP contribution in [0.5, 0.6) is 0 Å². The maximum atomic E-state index is 11.9. The molecule has 3 N–H and O–H groups in total. The van der Waals surface area contributed by atoms with Gasteiger partial charge in [0.1, 0.15) is 5.02 Å². The van der Waals surface area contributed by atoms with Crippen molar-refractivity contribution in [3.63, 3.8) is 0 Å². The molecule has 116 valence electrons. The van der Waals surface area contributed by atoms with E-state index in [-0.39, 0.29) is 23.0 Å². The normalized spacial score (nSPS) is 11.0. The topological polar surface area (TPSA) is 104 Å². The number of anilines is 1. The Morgan fingerprint density at radius 2 is 2.05 bits per heavy atom. The number of rotatable bonds is 6. The third-order valence-electron chi connectivity index (χ3n) is 3.44. The van der Waals surface area contributed by atoms with Crippen molar-refractivity contribution in [2.24, 2.45) is 0 Å². The molecular formula is C13H18ClN3O4. The fourth-order valence-electron chi connectivity index (χ4n) is 1.82. The Morgan fingerprint density at radius 3 is 2.52 bits per heavy atom. The quantitative estimate of drug-likeness (QED) is 0.554. The standard InChI is InChI=1S/C13H18ClN3O4/c1-3-13(4-2,8-18)16-12(19)15-9-5-6-10(14)11(7-9)17(20)21/h5-7,18H,3-4,8H2,1-2H3,(H2,15,16,19). The number of hydrogen-bond acceptors (Lipinski definition) is 4. The zero-order valence-electron chi connectivity index (χ0n) is 11.9. The molecule has 0 aromatic heterocycles. The Hall–Kier alpha value is -1.86. The van der Waals surface area contributed by atoms with E-state index in [2.05, 4.69) is 10.6 Å². The van der Waals surface area contributed by atoms with Crippen LogP contribution in [0.15, 0.2) is 18.2 Å². The number of aliphatic hydroxyl groups is 1. The van der Waals surface area contributed by atoms with Crippen LogP contribution in [0.2, 0.25) is 5.02 Å². The van der Waals surface area contributed by atoms with Crippen LogP contribution in [0.3, 0.4) is 0 Å². The molecule has 8 heteroatoms. The minimum Gasteiger partial charge on any atom is -0.394 e. The van der Waals surface area contributed by atoms with Gasteiger partial charge in [-0.1, -0.05) is 25.4 Å². The minimum atomic E-state index is -0.706. The van der Waals surface area contributed by atoms with Gasteiger partial charge in [0.2, 0.25) is 0 Å². The second kappa shape index (κ2) is 7.24. The monoisotopic (exact) mass is 315 g/mol. The number of nitrogens with zero attached hydrogens (tertiary/aromatic N) is 1. The zero-order valence-corrected chi connectivity index (χ0v) is 12.6. The van der Waals surface area contributed by atoms with Gasteiger partial charge in [0.05, 0.1) is 17.1 Å². The molecule has 0 aliphatic rings. The van der Waals surface area contributed by atoms with E-state index in [4.69, 9.17) is 11.6 Å². The van der Waals surface area contributed by atoms with E-state index in [1.165, 1.54) is 18.2 Å². The lowest BCUT2D eigenvalue weighted by molar-refractivity contribution is -0.384.